The van der Waals surface area contributed by atoms with E-state index >= 15 is 0 Å². The predicted octanol–water partition coefficient (Wildman–Crippen LogP) is 3.09. The van der Waals surface area contributed by atoms with Crippen molar-refractivity contribution in [2.75, 3.05) is 19.6 Å². The van der Waals surface area contributed by atoms with Crippen molar-refractivity contribution in [1.82, 2.24) is 10.2 Å². The first kappa shape index (κ1) is 15.8. The molecule has 1 fully saturated rings. The van der Waals surface area contributed by atoms with Gasteiger partial charge in [0.15, 0.2) is 0 Å². The van der Waals surface area contributed by atoms with Crippen molar-refractivity contribution in [1.29, 1.82) is 0 Å². The van der Waals surface area contributed by atoms with Gasteiger partial charge in [0.2, 0.25) is 0 Å². The van der Waals surface area contributed by atoms with Crippen molar-refractivity contribution in [2.24, 2.45) is 0 Å². The summed E-state index contributed by atoms with van der Waals surface area (Å²) in [6, 6.07) is 10.4. The Morgan fingerprint density at radius 3 is 2.29 bits per heavy atom. The van der Waals surface area contributed by atoms with Crippen molar-refractivity contribution in [3.8, 4) is 0 Å². The molecule has 0 atom stereocenters. The second-order valence-corrected chi connectivity index (χ2v) is 6.94. The summed E-state index contributed by atoms with van der Waals surface area (Å²) in [4.78, 5) is 13.3. The molecule has 116 valence electrons. The van der Waals surface area contributed by atoms with Gasteiger partial charge in [0, 0.05) is 17.5 Å². The Balaban J connectivity index is 2.35. The second-order valence-electron chi connectivity index (χ2n) is 6.94. The monoisotopic (exact) mass is 290 g/mol. The van der Waals surface area contributed by atoms with Crippen molar-refractivity contribution in [3.05, 3.63) is 35.9 Å². The summed E-state index contributed by atoms with van der Waals surface area (Å²) < 4.78 is 0. The minimum atomic E-state index is -0.837. The van der Waals surface area contributed by atoms with E-state index in [2.05, 4.69) is 17.4 Å². The lowest BCUT2D eigenvalue weighted by atomic mass is 9.72. The Bertz CT molecular complexity index is 473. The van der Waals surface area contributed by atoms with E-state index < -0.39 is 11.6 Å². The molecule has 1 aliphatic rings. The van der Waals surface area contributed by atoms with Crippen LogP contribution in [0, 0.1) is 0 Å². The number of nitrogens with one attached hydrogen (secondary N) is 1. The maximum Gasteiger partial charge on any atom is 0.407 e. The quantitative estimate of drug-likeness (QED) is 0.899. The van der Waals surface area contributed by atoms with Crippen LogP contribution in [0.5, 0.6) is 0 Å². The Kier molecular flexibility index (Phi) is 4.57. The lowest BCUT2D eigenvalue weighted by Crippen LogP contribution is -2.54. The molecular weight excluding hydrogens is 264 g/mol. The summed E-state index contributed by atoms with van der Waals surface area (Å²) >= 11 is 0. The van der Waals surface area contributed by atoms with Gasteiger partial charge in [-0.3, -0.25) is 0 Å². The van der Waals surface area contributed by atoms with Gasteiger partial charge in [-0.25, -0.2) is 4.79 Å². The van der Waals surface area contributed by atoms with E-state index in [0.29, 0.717) is 6.54 Å². The minimum Gasteiger partial charge on any atom is -0.465 e. The van der Waals surface area contributed by atoms with Crippen LogP contribution < -0.4 is 5.32 Å². The lowest BCUT2D eigenvalue weighted by molar-refractivity contribution is 0.0748. The van der Waals surface area contributed by atoms with Crippen LogP contribution in [-0.2, 0) is 5.41 Å². The molecule has 4 heteroatoms. The first-order valence-corrected chi connectivity index (χ1v) is 7.62. The molecule has 21 heavy (non-hydrogen) atoms. The number of rotatable bonds is 3. The molecule has 0 saturated carbocycles. The number of piperidine rings is 1. The van der Waals surface area contributed by atoms with Gasteiger partial charge in [0.05, 0.1) is 0 Å². The van der Waals surface area contributed by atoms with E-state index in [-0.39, 0.29) is 5.41 Å². The van der Waals surface area contributed by atoms with Crippen LogP contribution in [0.4, 0.5) is 4.79 Å². The van der Waals surface area contributed by atoms with Gasteiger partial charge in [0.1, 0.15) is 0 Å². The molecule has 0 aromatic heterocycles. The highest BCUT2D eigenvalue weighted by Crippen LogP contribution is 2.36. The average Bonchev–Trinajstić information content (AvgIpc) is 2.45. The van der Waals surface area contributed by atoms with Gasteiger partial charge < -0.3 is 15.3 Å². The molecule has 1 heterocycles. The third-order valence-electron chi connectivity index (χ3n) is 4.45. The number of hydrogen-bond acceptors (Lipinski definition) is 2. The minimum absolute atomic E-state index is 0.0851. The van der Waals surface area contributed by atoms with Crippen LogP contribution in [0.15, 0.2) is 30.3 Å². The maximum absolute atomic E-state index is 11.7. The zero-order chi connectivity index (χ0) is 15.5. The van der Waals surface area contributed by atoms with E-state index in [1.807, 2.05) is 39.0 Å². The van der Waals surface area contributed by atoms with Crippen molar-refractivity contribution >= 4 is 6.09 Å². The van der Waals surface area contributed by atoms with Crippen LogP contribution in [0.1, 0.15) is 39.2 Å². The molecule has 1 aliphatic heterocycles. The normalized spacial score (nSPS) is 18.2. The Morgan fingerprint density at radius 1 is 1.24 bits per heavy atom. The SMILES string of the molecule is CC(C)(C)N(CC1(c2ccccc2)CCNCC1)C(=O)O. The van der Waals surface area contributed by atoms with Gasteiger partial charge in [-0.2, -0.15) is 0 Å². The molecular formula is C17H26N2O2. The van der Waals surface area contributed by atoms with Gasteiger partial charge in [0.25, 0.3) is 0 Å². The molecule has 0 unspecified atom stereocenters. The van der Waals surface area contributed by atoms with E-state index in [0.717, 1.165) is 25.9 Å². The largest absolute Gasteiger partial charge is 0.465 e. The third kappa shape index (κ3) is 3.56. The van der Waals surface area contributed by atoms with Crippen molar-refractivity contribution in [2.45, 2.75) is 44.6 Å². The fraction of sp³-hybridized carbons (Fsp3) is 0.588. The van der Waals surface area contributed by atoms with Gasteiger partial charge in [-0.05, 0) is 52.3 Å². The summed E-state index contributed by atoms with van der Waals surface area (Å²) in [6.45, 7) is 8.30. The molecule has 1 saturated heterocycles. The number of amides is 1. The first-order chi connectivity index (χ1) is 9.85. The molecule has 0 bridgehead atoms. The van der Waals surface area contributed by atoms with E-state index in [1.165, 1.54) is 5.56 Å². The zero-order valence-electron chi connectivity index (χ0n) is 13.2. The highest BCUT2D eigenvalue weighted by atomic mass is 16.4. The Hall–Kier alpha value is -1.55. The molecule has 4 nitrogen and oxygen atoms in total. The number of nitrogens with zero attached hydrogens (tertiary/aromatic N) is 1. The van der Waals surface area contributed by atoms with Crippen LogP contribution in [0.2, 0.25) is 0 Å². The second kappa shape index (κ2) is 6.06. The van der Waals surface area contributed by atoms with Crippen LogP contribution in [-0.4, -0.2) is 41.3 Å². The maximum atomic E-state index is 11.7. The van der Waals surface area contributed by atoms with Crippen LogP contribution >= 0.6 is 0 Å². The van der Waals surface area contributed by atoms with E-state index in [9.17, 15) is 9.90 Å². The van der Waals surface area contributed by atoms with Crippen molar-refractivity contribution in [3.63, 3.8) is 0 Å². The standard InChI is InChI=1S/C17H26N2O2/c1-16(2,3)19(15(20)21)13-17(9-11-18-12-10-17)14-7-5-4-6-8-14/h4-8,18H,9-13H2,1-3H3,(H,20,21). The highest BCUT2D eigenvalue weighted by Gasteiger charge is 2.39. The molecule has 1 aromatic carbocycles. The summed E-state index contributed by atoms with van der Waals surface area (Å²) in [5, 5.41) is 13.0. The van der Waals surface area contributed by atoms with Crippen LogP contribution in [0.25, 0.3) is 0 Å². The fourth-order valence-corrected chi connectivity index (χ4v) is 3.13. The summed E-state index contributed by atoms with van der Waals surface area (Å²) in [5.41, 5.74) is 0.776. The molecule has 0 aliphatic carbocycles. The number of benzene rings is 1. The van der Waals surface area contributed by atoms with E-state index in [1.54, 1.807) is 4.90 Å². The average molecular weight is 290 g/mol. The summed E-state index contributed by atoms with van der Waals surface area (Å²) in [6.07, 6.45) is 1.10. The van der Waals surface area contributed by atoms with Gasteiger partial charge in [-0.15, -0.1) is 0 Å². The van der Waals surface area contributed by atoms with Gasteiger partial charge in [-0.1, -0.05) is 30.3 Å². The fourth-order valence-electron chi connectivity index (χ4n) is 3.13. The predicted molar refractivity (Wildman–Crippen MR) is 84.7 cm³/mol. The summed E-state index contributed by atoms with van der Waals surface area (Å²) in [7, 11) is 0. The van der Waals surface area contributed by atoms with Gasteiger partial charge >= 0.3 is 6.09 Å². The third-order valence-corrected chi connectivity index (χ3v) is 4.45. The molecule has 1 amide bonds. The Labute approximate surface area is 127 Å². The van der Waals surface area contributed by atoms with Crippen molar-refractivity contribution < 1.29 is 9.90 Å². The summed E-state index contributed by atoms with van der Waals surface area (Å²) in [5.74, 6) is 0. The van der Waals surface area contributed by atoms with E-state index in [4.69, 9.17) is 0 Å². The first-order valence-electron chi connectivity index (χ1n) is 7.62. The molecule has 0 spiro atoms. The van der Waals surface area contributed by atoms with Crippen LogP contribution in [0.3, 0.4) is 0 Å². The number of carboxylic acid groups (broad SMARTS) is 1. The highest BCUT2D eigenvalue weighted by molar-refractivity contribution is 5.66. The molecule has 0 radical (unpaired) electrons. The molecule has 1 aromatic rings. The smallest absolute Gasteiger partial charge is 0.407 e. The number of carbonyl (C=O) groups is 1. The number of hydrogen-bond donors (Lipinski definition) is 2. The molecule has 2 N–H and O–H groups in total. The topological polar surface area (TPSA) is 52.6 Å². The molecule has 2 rings (SSSR count). The lowest BCUT2D eigenvalue weighted by Gasteiger charge is -2.45. The Morgan fingerprint density at radius 2 is 1.81 bits per heavy atom. The zero-order valence-corrected chi connectivity index (χ0v) is 13.2.